The topological polar surface area (TPSA) is 57.5 Å². The molecule has 0 fully saturated rings. The first-order chi connectivity index (χ1) is 13.2. The fraction of sp³-hybridized carbons (Fsp3) is 0.240. The normalized spacial score (nSPS) is 11.3. The van der Waals surface area contributed by atoms with Crippen LogP contribution in [0.15, 0.2) is 84.9 Å². The van der Waals surface area contributed by atoms with Crippen LogP contribution in [-0.4, -0.2) is 16.4 Å². The molecule has 0 saturated carbocycles. The van der Waals surface area contributed by atoms with Gasteiger partial charge in [0.2, 0.25) is 0 Å². The third-order valence-corrected chi connectivity index (χ3v) is 5.26. The van der Waals surface area contributed by atoms with E-state index in [2.05, 4.69) is 113 Å². The van der Waals surface area contributed by atoms with Gasteiger partial charge in [0.25, 0.3) is 0 Å². The second-order valence-electron chi connectivity index (χ2n) is 7.81. The highest BCUT2D eigenvalue weighted by Gasteiger charge is 2.32. The third kappa shape index (κ3) is 4.80. The summed E-state index contributed by atoms with van der Waals surface area (Å²) in [6.45, 7) is 9.29. The molecule has 3 nitrogen and oxygen atoms in total. The fourth-order valence-electron chi connectivity index (χ4n) is 3.59. The van der Waals surface area contributed by atoms with Crippen LogP contribution in [0.4, 0.5) is 4.79 Å². The molecule has 0 unspecified atom stereocenters. The third-order valence-electron chi connectivity index (χ3n) is 5.26. The Morgan fingerprint density at radius 2 is 0.821 bits per heavy atom. The predicted molar refractivity (Wildman–Crippen MR) is 114 cm³/mol. The average Bonchev–Trinajstić information content (AvgIpc) is 2.69. The van der Waals surface area contributed by atoms with Crippen molar-refractivity contribution >= 4 is 6.16 Å². The smallest absolute Gasteiger partial charge is 0.450 e. The summed E-state index contributed by atoms with van der Waals surface area (Å²) in [7, 11) is 0. The van der Waals surface area contributed by atoms with Crippen molar-refractivity contribution < 1.29 is 15.0 Å². The molecule has 3 aromatic carbocycles. The minimum absolute atomic E-state index is 0.0378. The molecular weight excluding hydrogens is 348 g/mol. The lowest BCUT2D eigenvalue weighted by Gasteiger charge is -2.35. The second kappa shape index (κ2) is 8.75. The Morgan fingerprint density at radius 3 is 1.11 bits per heavy atom. The molecule has 0 aromatic heterocycles. The molecule has 0 aliphatic rings. The Balaban J connectivity index is 0.000000640. The molecule has 3 rings (SSSR count). The number of carboxylic acid groups (broad SMARTS) is 2. The maximum absolute atomic E-state index is 8.56. The van der Waals surface area contributed by atoms with Crippen molar-refractivity contribution in [3.8, 4) is 0 Å². The summed E-state index contributed by atoms with van der Waals surface area (Å²) >= 11 is 0. The lowest BCUT2D eigenvalue weighted by molar-refractivity contribution is 0.137. The largest absolute Gasteiger partial charge is 0.503 e. The predicted octanol–water partition coefficient (Wildman–Crippen LogP) is 6.56. The zero-order valence-electron chi connectivity index (χ0n) is 16.9. The van der Waals surface area contributed by atoms with Gasteiger partial charge in [-0.3, -0.25) is 0 Å². The molecule has 0 aliphatic heterocycles. The number of rotatable bonds is 4. The van der Waals surface area contributed by atoms with Crippen molar-refractivity contribution in [3.05, 3.63) is 107 Å². The zero-order valence-corrected chi connectivity index (χ0v) is 16.9. The van der Waals surface area contributed by atoms with Crippen LogP contribution in [-0.2, 0) is 10.8 Å². The Labute approximate surface area is 167 Å². The van der Waals surface area contributed by atoms with Crippen molar-refractivity contribution in [2.75, 3.05) is 0 Å². The van der Waals surface area contributed by atoms with Gasteiger partial charge in [0.05, 0.1) is 0 Å². The van der Waals surface area contributed by atoms with Gasteiger partial charge in [-0.1, -0.05) is 113 Å². The van der Waals surface area contributed by atoms with E-state index in [1.165, 1.54) is 22.3 Å². The monoisotopic (exact) mass is 376 g/mol. The quantitative estimate of drug-likeness (QED) is 0.542. The minimum Gasteiger partial charge on any atom is -0.450 e. The molecule has 2 N–H and O–H groups in total. The maximum Gasteiger partial charge on any atom is 0.503 e. The summed E-state index contributed by atoms with van der Waals surface area (Å²) in [4.78, 5) is 8.56. The molecule has 0 heterocycles. The molecular formula is C25H28O3. The van der Waals surface area contributed by atoms with Gasteiger partial charge in [0, 0.05) is 10.8 Å². The Morgan fingerprint density at radius 1 is 0.571 bits per heavy atom. The average molecular weight is 376 g/mol. The van der Waals surface area contributed by atoms with E-state index in [1.807, 2.05) is 0 Å². The summed E-state index contributed by atoms with van der Waals surface area (Å²) in [5.74, 6) is 0. The summed E-state index contributed by atoms with van der Waals surface area (Å²) in [6, 6.07) is 30.5. The number of carbonyl (C=O) groups is 1. The van der Waals surface area contributed by atoms with E-state index in [0.717, 1.165) is 0 Å². The van der Waals surface area contributed by atoms with Crippen LogP contribution >= 0.6 is 0 Å². The van der Waals surface area contributed by atoms with Gasteiger partial charge in [0.1, 0.15) is 0 Å². The van der Waals surface area contributed by atoms with Crippen LogP contribution in [0.25, 0.3) is 0 Å². The molecule has 0 saturated heterocycles. The van der Waals surface area contributed by atoms with E-state index < -0.39 is 6.16 Å². The van der Waals surface area contributed by atoms with E-state index >= 15 is 0 Å². The molecule has 0 spiro atoms. The number of hydrogen-bond donors (Lipinski definition) is 2. The van der Waals surface area contributed by atoms with Gasteiger partial charge in [0.15, 0.2) is 0 Å². The molecule has 0 bridgehead atoms. The highest BCUT2D eigenvalue weighted by Crippen LogP contribution is 2.40. The van der Waals surface area contributed by atoms with Gasteiger partial charge in [-0.05, 0) is 22.3 Å². The maximum atomic E-state index is 8.56. The molecule has 0 atom stereocenters. The second-order valence-corrected chi connectivity index (χ2v) is 7.81. The van der Waals surface area contributed by atoms with Crippen molar-refractivity contribution in [3.63, 3.8) is 0 Å². The van der Waals surface area contributed by atoms with Crippen molar-refractivity contribution in [1.82, 2.24) is 0 Å². The van der Waals surface area contributed by atoms with Crippen molar-refractivity contribution in [2.45, 2.75) is 38.5 Å². The SMILES string of the molecule is CC(C)(c1ccccc1)c1ccccc1C(C)(C)c1ccccc1.O=C(O)O. The Kier molecular flexibility index (Phi) is 6.63. The van der Waals surface area contributed by atoms with E-state index in [1.54, 1.807) is 0 Å². The van der Waals surface area contributed by atoms with Crippen LogP contribution in [0.1, 0.15) is 49.9 Å². The van der Waals surface area contributed by atoms with Crippen molar-refractivity contribution in [2.24, 2.45) is 0 Å². The number of hydrogen-bond acceptors (Lipinski definition) is 1. The Bertz CT molecular complexity index is 823. The first kappa shape index (κ1) is 21.2. The van der Waals surface area contributed by atoms with E-state index in [-0.39, 0.29) is 10.8 Å². The van der Waals surface area contributed by atoms with Gasteiger partial charge in [-0.15, -0.1) is 0 Å². The summed E-state index contributed by atoms with van der Waals surface area (Å²) in [6.07, 6.45) is -1.83. The molecule has 28 heavy (non-hydrogen) atoms. The van der Waals surface area contributed by atoms with Crippen LogP contribution < -0.4 is 0 Å². The van der Waals surface area contributed by atoms with Crippen LogP contribution in [0, 0.1) is 0 Å². The standard InChI is InChI=1S/C24H26.CH2O3/c1-23(2,19-13-7-5-8-14-19)21-17-11-12-18-22(21)24(3,4)20-15-9-6-10-16-20;2-1(3)4/h5-18H,1-4H3;(H2,2,3,4). The number of benzene rings is 3. The molecule has 146 valence electrons. The first-order valence-electron chi connectivity index (χ1n) is 9.30. The molecule has 3 heteroatoms. The van der Waals surface area contributed by atoms with Gasteiger partial charge < -0.3 is 10.2 Å². The molecule has 3 aromatic rings. The highest BCUT2D eigenvalue weighted by atomic mass is 16.6. The van der Waals surface area contributed by atoms with Crippen molar-refractivity contribution in [1.29, 1.82) is 0 Å². The van der Waals surface area contributed by atoms with E-state index in [4.69, 9.17) is 15.0 Å². The molecule has 0 amide bonds. The summed E-state index contributed by atoms with van der Waals surface area (Å²) in [5, 5.41) is 13.9. The van der Waals surface area contributed by atoms with E-state index in [9.17, 15) is 0 Å². The van der Waals surface area contributed by atoms with Gasteiger partial charge in [-0.25, -0.2) is 4.79 Å². The first-order valence-corrected chi connectivity index (χ1v) is 9.30. The lowest BCUT2D eigenvalue weighted by Crippen LogP contribution is -2.28. The summed E-state index contributed by atoms with van der Waals surface area (Å²) in [5.41, 5.74) is 5.41. The molecule has 0 aliphatic carbocycles. The highest BCUT2D eigenvalue weighted by molar-refractivity contribution is 5.53. The van der Waals surface area contributed by atoms with Crippen LogP contribution in [0.2, 0.25) is 0 Å². The minimum atomic E-state index is -1.83. The molecule has 0 radical (unpaired) electrons. The summed E-state index contributed by atoms with van der Waals surface area (Å²) < 4.78 is 0. The van der Waals surface area contributed by atoms with Crippen LogP contribution in [0.5, 0.6) is 0 Å². The zero-order chi connectivity index (χ0) is 20.8. The van der Waals surface area contributed by atoms with Crippen LogP contribution in [0.3, 0.4) is 0 Å². The van der Waals surface area contributed by atoms with Gasteiger partial charge in [-0.2, -0.15) is 0 Å². The van der Waals surface area contributed by atoms with E-state index in [0.29, 0.717) is 0 Å². The van der Waals surface area contributed by atoms with Gasteiger partial charge >= 0.3 is 6.16 Å². The lowest BCUT2D eigenvalue weighted by atomic mass is 9.68. The fourth-order valence-corrected chi connectivity index (χ4v) is 3.59. The Hall–Kier alpha value is -3.07.